The number of hydrogen-bond donors (Lipinski definition) is 3. The molecule has 1 rings (SSSR count). The number of rotatable bonds is 6. The van der Waals surface area contributed by atoms with Crippen molar-refractivity contribution < 1.29 is 68.3 Å². The number of hydrogen-bond acceptors (Lipinski definition) is 4. The molecule has 0 radical (unpaired) electrons. The Morgan fingerprint density at radius 1 is 0.897 bits per heavy atom. The molecule has 17 heteroatoms. The zero-order valence-corrected chi connectivity index (χ0v) is 13.1. The van der Waals surface area contributed by atoms with Gasteiger partial charge in [-0.3, -0.25) is 9.53 Å². The average molecular weight is 452 g/mol. The molecule has 0 saturated heterocycles. The topological polar surface area (TPSA) is 86.1 Å². The van der Waals surface area contributed by atoms with Gasteiger partial charge in [-0.05, 0) is 12.1 Å². The summed E-state index contributed by atoms with van der Waals surface area (Å²) < 4.78 is 142. The first-order valence-electron chi connectivity index (χ1n) is 6.69. The zero-order valence-electron chi connectivity index (χ0n) is 13.1. The van der Waals surface area contributed by atoms with Crippen LogP contribution in [0.15, 0.2) is 24.3 Å². The van der Waals surface area contributed by atoms with E-state index >= 15 is 0 Å². The van der Waals surface area contributed by atoms with Gasteiger partial charge in [0.15, 0.2) is 5.69 Å². The number of ether oxygens (including phenoxy) is 1. The molecular weight excluding hydrogens is 445 g/mol. The lowest BCUT2D eigenvalue weighted by molar-refractivity contribution is -0.991. The van der Waals surface area contributed by atoms with Crippen LogP contribution in [0.3, 0.4) is 0 Å². The van der Waals surface area contributed by atoms with Gasteiger partial charge in [0.1, 0.15) is 0 Å². The number of quaternary nitrogens is 1. The molecule has 0 spiro atoms. The van der Waals surface area contributed by atoms with Gasteiger partial charge in [-0.25, -0.2) is 5.21 Å². The Morgan fingerprint density at radius 3 is 1.69 bits per heavy atom. The molecule has 6 nitrogen and oxygen atoms in total. The molecule has 0 aliphatic rings. The summed E-state index contributed by atoms with van der Waals surface area (Å²) in [4.78, 5) is 11.4. The van der Waals surface area contributed by atoms with Crippen LogP contribution in [0.4, 0.5) is 59.7 Å². The molecule has 3 N–H and O–H groups in total. The fourth-order valence-corrected chi connectivity index (χ4v) is 1.55. The summed E-state index contributed by atoms with van der Waals surface area (Å²) in [6.07, 6.45) is -21.1. The molecule has 1 unspecified atom stereocenters. The molecule has 1 aromatic rings. The Hall–Kier alpha value is -2.24. The predicted molar refractivity (Wildman–Crippen MR) is 67.8 cm³/mol. The standard InChI is InChI=1S/C12H7F11N2O4/c13-8(10(16,17)18,29-12(22,23)9(14,15)11(19,20)21)7(26)24-5-1-3-6(4-2-5)25(27)28/h1-4,25,27H,(H,24,26)/t8-/m0/s1. The molecule has 166 valence electrons. The van der Waals surface area contributed by atoms with Crippen LogP contribution >= 0.6 is 0 Å². The van der Waals surface area contributed by atoms with Crippen molar-refractivity contribution in [3.05, 3.63) is 29.5 Å². The predicted octanol–water partition coefficient (Wildman–Crippen LogP) is 3.06. The van der Waals surface area contributed by atoms with E-state index in [2.05, 4.69) is 4.74 Å². The van der Waals surface area contributed by atoms with E-state index in [9.17, 15) is 58.3 Å². The van der Waals surface area contributed by atoms with Gasteiger partial charge in [-0.2, -0.15) is 53.5 Å². The van der Waals surface area contributed by atoms with Crippen molar-refractivity contribution in [2.24, 2.45) is 0 Å². The quantitative estimate of drug-likeness (QED) is 0.458. The van der Waals surface area contributed by atoms with E-state index in [1.807, 2.05) is 0 Å². The lowest BCUT2D eigenvalue weighted by Gasteiger charge is -2.34. The SMILES string of the molecule is O=C(Nc1ccc([NH+]([O-])O)cc1)[C@](F)(OC(F)(F)C(F)(F)C(F)(F)F)C(F)(F)F. The van der Waals surface area contributed by atoms with Gasteiger partial charge < -0.3 is 10.5 Å². The monoisotopic (exact) mass is 452 g/mol. The highest BCUT2D eigenvalue weighted by Crippen LogP contribution is 2.51. The minimum absolute atomic E-state index is 0.488. The molecule has 0 bridgehead atoms. The smallest absolute Gasteiger partial charge is 0.462 e. The highest BCUT2D eigenvalue weighted by Gasteiger charge is 2.79. The minimum Gasteiger partial charge on any atom is -0.595 e. The van der Waals surface area contributed by atoms with Crippen LogP contribution in [0.25, 0.3) is 0 Å². The number of anilines is 1. The normalized spacial score (nSPS) is 16.9. The molecular formula is C12H7F11N2O4. The van der Waals surface area contributed by atoms with Crippen molar-refractivity contribution in [1.29, 1.82) is 0 Å². The Kier molecular flexibility index (Phi) is 6.45. The number of carbonyl (C=O) groups excluding carboxylic acids is 1. The largest absolute Gasteiger partial charge is 0.595 e. The maximum absolute atomic E-state index is 14.0. The van der Waals surface area contributed by atoms with Crippen LogP contribution < -0.4 is 10.5 Å². The van der Waals surface area contributed by atoms with Crippen LogP contribution in [-0.2, 0) is 9.53 Å². The van der Waals surface area contributed by atoms with E-state index in [0.717, 1.165) is 5.32 Å². The summed E-state index contributed by atoms with van der Waals surface area (Å²) in [5, 5.41) is 18.6. The lowest BCUT2D eigenvalue weighted by Crippen LogP contribution is -2.99. The first kappa shape index (κ1) is 24.8. The molecule has 0 heterocycles. The van der Waals surface area contributed by atoms with Crippen molar-refractivity contribution >= 4 is 17.3 Å². The maximum Gasteiger partial charge on any atom is 0.462 e. The van der Waals surface area contributed by atoms with Crippen LogP contribution in [0.2, 0.25) is 0 Å². The van der Waals surface area contributed by atoms with Crippen molar-refractivity contribution in [1.82, 2.24) is 0 Å². The van der Waals surface area contributed by atoms with Gasteiger partial charge in [0.05, 0.1) is 0 Å². The minimum atomic E-state index is -7.30. The zero-order chi connectivity index (χ0) is 23.1. The third-order valence-corrected chi connectivity index (χ3v) is 3.04. The highest BCUT2D eigenvalue weighted by atomic mass is 19.4. The second-order valence-corrected chi connectivity index (χ2v) is 5.12. The van der Waals surface area contributed by atoms with Gasteiger partial charge in [0.2, 0.25) is 0 Å². The van der Waals surface area contributed by atoms with Crippen LogP contribution in [0.1, 0.15) is 0 Å². The van der Waals surface area contributed by atoms with E-state index in [-0.39, 0.29) is 0 Å². The molecule has 0 aliphatic carbocycles. The number of amides is 1. The highest BCUT2D eigenvalue weighted by molar-refractivity contribution is 5.97. The first-order valence-corrected chi connectivity index (χ1v) is 6.69. The van der Waals surface area contributed by atoms with E-state index < -0.39 is 52.7 Å². The van der Waals surface area contributed by atoms with E-state index in [4.69, 9.17) is 5.21 Å². The van der Waals surface area contributed by atoms with Crippen molar-refractivity contribution in [2.45, 2.75) is 30.2 Å². The first-order chi connectivity index (χ1) is 12.8. The number of alkyl halides is 11. The summed E-state index contributed by atoms with van der Waals surface area (Å²) in [5.74, 6) is -16.9. The summed E-state index contributed by atoms with van der Waals surface area (Å²) in [6.45, 7) is 0. The molecule has 1 amide bonds. The van der Waals surface area contributed by atoms with Gasteiger partial charge in [0, 0.05) is 17.8 Å². The second kappa shape index (κ2) is 7.54. The fraction of sp³-hybridized carbons (Fsp3) is 0.417. The van der Waals surface area contributed by atoms with Gasteiger partial charge in [0.25, 0.3) is 5.91 Å². The van der Waals surface area contributed by atoms with Crippen molar-refractivity contribution in [3.8, 4) is 0 Å². The van der Waals surface area contributed by atoms with E-state index in [0.29, 0.717) is 24.3 Å². The maximum atomic E-state index is 14.0. The summed E-state index contributed by atoms with van der Waals surface area (Å²) in [5.41, 5.74) is -1.35. The average Bonchev–Trinajstić information content (AvgIpc) is 2.52. The summed E-state index contributed by atoms with van der Waals surface area (Å²) in [7, 11) is 0. The Balaban J connectivity index is 3.25. The molecule has 0 fully saturated rings. The number of benzene rings is 1. The summed E-state index contributed by atoms with van der Waals surface area (Å²) >= 11 is 0. The molecule has 2 atom stereocenters. The number of nitrogens with one attached hydrogen (secondary N) is 2. The van der Waals surface area contributed by atoms with Crippen molar-refractivity contribution in [2.75, 3.05) is 5.32 Å². The molecule has 29 heavy (non-hydrogen) atoms. The molecule has 0 saturated carbocycles. The van der Waals surface area contributed by atoms with E-state index in [1.54, 1.807) is 0 Å². The fourth-order valence-electron chi connectivity index (χ4n) is 1.55. The Labute approximate surface area is 152 Å². The van der Waals surface area contributed by atoms with Crippen LogP contribution in [-0.4, -0.2) is 41.4 Å². The summed E-state index contributed by atoms with van der Waals surface area (Å²) in [6, 6.07) is 2.39. The molecule has 1 aromatic carbocycles. The van der Waals surface area contributed by atoms with Gasteiger partial charge in [-0.1, -0.05) is 0 Å². The van der Waals surface area contributed by atoms with Gasteiger partial charge in [-0.15, -0.1) is 0 Å². The van der Waals surface area contributed by atoms with E-state index in [1.165, 1.54) is 0 Å². The van der Waals surface area contributed by atoms with Crippen LogP contribution in [0, 0.1) is 5.21 Å². The van der Waals surface area contributed by atoms with Crippen molar-refractivity contribution in [3.63, 3.8) is 0 Å². The third kappa shape index (κ3) is 4.85. The Morgan fingerprint density at radius 2 is 1.34 bits per heavy atom. The molecule has 0 aliphatic heterocycles. The second-order valence-electron chi connectivity index (χ2n) is 5.12. The third-order valence-electron chi connectivity index (χ3n) is 3.04. The lowest BCUT2D eigenvalue weighted by atomic mass is 10.2. The van der Waals surface area contributed by atoms with Crippen LogP contribution in [0.5, 0.6) is 0 Å². The molecule has 0 aromatic heterocycles. The number of halogens is 11. The number of carbonyl (C=O) groups is 1. The Bertz CT molecular complexity index is 733. The van der Waals surface area contributed by atoms with Gasteiger partial charge >= 0.3 is 30.2 Å².